The molecule has 0 fully saturated rings. The molecule has 0 aliphatic rings. The van der Waals surface area contributed by atoms with E-state index in [4.69, 9.17) is 0 Å². The molecular formula is C10H15N2O2. The predicted octanol–water partition coefficient (Wildman–Crippen LogP) is 1.61. The lowest BCUT2D eigenvalue weighted by atomic mass is 10.5. The summed E-state index contributed by atoms with van der Waals surface area (Å²) in [7, 11) is 0. The summed E-state index contributed by atoms with van der Waals surface area (Å²) in [5.74, 6) is 0. The van der Waals surface area contributed by atoms with Gasteiger partial charge >= 0.3 is 6.09 Å². The Morgan fingerprint density at radius 3 is 1.71 bits per heavy atom. The average Bonchev–Trinajstić information content (AvgIpc) is 2.13. The SMILES string of the molecule is C=CCN(CC=C)N(CC=C)C([O])=O. The predicted molar refractivity (Wildman–Crippen MR) is 55.0 cm³/mol. The van der Waals surface area contributed by atoms with Gasteiger partial charge in [-0.1, -0.05) is 18.2 Å². The van der Waals surface area contributed by atoms with Crippen LogP contribution in [0.4, 0.5) is 4.79 Å². The zero-order valence-electron chi connectivity index (χ0n) is 8.19. The fraction of sp³-hybridized carbons (Fsp3) is 0.300. The van der Waals surface area contributed by atoms with Gasteiger partial charge in [-0.25, -0.2) is 19.9 Å². The van der Waals surface area contributed by atoms with Crippen LogP contribution >= 0.6 is 0 Å². The summed E-state index contributed by atoms with van der Waals surface area (Å²) >= 11 is 0. The summed E-state index contributed by atoms with van der Waals surface area (Å²) in [6.07, 6.45) is 3.47. The van der Waals surface area contributed by atoms with Crippen molar-refractivity contribution in [1.82, 2.24) is 10.0 Å². The van der Waals surface area contributed by atoms with Crippen LogP contribution in [0.1, 0.15) is 0 Å². The maximum absolute atomic E-state index is 10.7. The molecule has 4 nitrogen and oxygen atoms in total. The zero-order chi connectivity index (χ0) is 11.0. The highest BCUT2D eigenvalue weighted by Crippen LogP contribution is 2.00. The van der Waals surface area contributed by atoms with Gasteiger partial charge < -0.3 is 0 Å². The van der Waals surface area contributed by atoms with Crippen LogP contribution in [0, 0.1) is 0 Å². The van der Waals surface area contributed by atoms with Crippen molar-refractivity contribution < 1.29 is 9.90 Å². The van der Waals surface area contributed by atoms with Gasteiger partial charge in [0.15, 0.2) is 0 Å². The number of carbonyl (C=O) groups excluding carboxylic acids is 1. The lowest BCUT2D eigenvalue weighted by Gasteiger charge is -2.29. The second kappa shape index (κ2) is 6.91. The number of hydrogen-bond donors (Lipinski definition) is 0. The minimum absolute atomic E-state index is 0.198. The van der Waals surface area contributed by atoms with Crippen molar-refractivity contribution in [3.8, 4) is 0 Å². The Morgan fingerprint density at radius 2 is 1.43 bits per heavy atom. The highest BCUT2D eigenvalue weighted by atomic mass is 16.4. The lowest BCUT2D eigenvalue weighted by molar-refractivity contribution is 0.00516. The first-order valence-electron chi connectivity index (χ1n) is 4.23. The van der Waals surface area contributed by atoms with E-state index in [-0.39, 0.29) is 6.54 Å². The Bertz CT molecular complexity index is 216. The molecule has 1 radical (unpaired) electrons. The Labute approximate surface area is 84.4 Å². The molecule has 0 unspecified atom stereocenters. The van der Waals surface area contributed by atoms with E-state index in [0.29, 0.717) is 13.1 Å². The van der Waals surface area contributed by atoms with Crippen LogP contribution in [0.25, 0.3) is 0 Å². The first-order valence-corrected chi connectivity index (χ1v) is 4.23. The monoisotopic (exact) mass is 195 g/mol. The summed E-state index contributed by atoms with van der Waals surface area (Å²) in [4.78, 5) is 10.7. The molecule has 0 N–H and O–H groups in total. The molecule has 1 amide bonds. The molecule has 0 aromatic rings. The lowest BCUT2D eigenvalue weighted by Crippen LogP contribution is -2.45. The van der Waals surface area contributed by atoms with Gasteiger partial charge in [0.05, 0.1) is 6.54 Å². The van der Waals surface area contributed by atoms with Gasteiger partial charge in [-0.05, 0) is 0 Å². The molecule has 0 rings (SSSR count). The molecular weight excluding hydrogens is 180 g/mol. The van der Waals surface area contributed by atoms with Gasteiger partial charge in [-0.2, -0.15) is 0 Å². The number of rotatable bonds is 7. The van der Waals surface area contributed by atoms with E-state index in [1.54, 1.807) is 17.2 Å². The third-order valence-electron chi connectivity index (χ3n) is 1.53. The molecule has 0 aliphatic heterocycles. The highest BCUT2D eigenvalue weighted by molar-refractivity contribution is 5.64. The van der Waals surface area contributed by atoms with Crippen molar-refractivity contribution in [1.29, 1.82) is 0 Å². The summed E-state index contributed by atoms with van der Waals surface area (Å²) in [5.41, 5.74) is 0. The molecule has 0 saturated carbocycles. The quantitative estimate of drug-likeness (QED) is 0.457. The number of carbonyl (C=O) groups is 1. The smallest absolute Gasteiger partial charge is 0.233 e. The van der Waals surface area contributed by atoms with E-state index < -0.39 is 6.09 Å². The molecule has 0 spiro atoms. The van der Waals surface area contributed by atoms with Crippen LogP contribution in [0.2, 0.25) is 0 Å². The maximum Gasteiger partial charge on any atom is 0.467 e. The Balaban J connectivity index is 4.50. The first-order chi connectivity index (χ1) is 6.67. The summed E-state index contributed by atoms with van der Waals surface area (Å²) in [6.45, 7) is 11.6. The highest BCUT2D eigenvalue weighted by Gasteiger charge is 2.18. The Morgan fingerprint density at radius 1 is 1.00 bits per heavy atom. The molecule has 0 aromatic carbocycles. The first kappa shape index (κ1) is 12.4. The van der Waals surface area contributed by atoms with Crippen molar-refractivity contribution in [2.24, 2.45) is 0 Å². The van der Waals surface area contributed by atoms with Crippen molar-refractivity contribution in [3.63, 3.8) is 0 Å². The van der Waals surface area contributed by atoms with Crippen LogP contribution in [0.5, 0.6) is 0 Å². The normalized spacial score (nSPS) is 9.50. The maximum atomic E-state index is 10.7. The van der Waals surface area contributed by atoms with Crippen molar-refractivity contribution in [3.05, 3.63) is 38.0 Å². The fourth-order valence-electron chi connectivity index (χ4n) is 0.997. The summed E-state index contributed by atoms with van der Waals surface area (Å²) < 4.78 is 0. The van der Waals surface area contributed by atoms with Gasteiger partial charge in [0, 0.05) is 13.1 Å². The number of hydrogen-bond acceptors (Lipinski definition) is 2. The third-order valence-corrected chi connectivity index (χ3v) is 1.53. The zero-order valence-corrected chi connectivity index (χ0v) is 8.19. The van der Waals surface area contributed by atoms with E-state index in [1.165, 1.54) is 6.08 Å². The Hall–Kier alpha value is -1.55. The van der Waals surface area contributed by atoms with Gasteiger partial charge in [-0.15, -0.1) is 19.7 Å². The summed E-state index contributed by atoms with van der Waals surface area (Å²) in [6, 6.07) is 0. The molecule has 0 bridgehead atoms. The number of amides is 1. The molecule has 0 aromatic heterocycles. The molecule has 77 valence electrons. The minimum Gasteiger partial charge on any atom is -0.233 e. The van der Waals surface area contributed by atoms with Crippen molar-refractivity contribution in [2.75, 3.05) is 19.6 Å². The van der Waals surface area contributed by atoms with Crippen LogP contribution < -0.4 is 0 Å². The molecule has 14 heavy (non-hydrogen) atoms. The molecule has 0 aliphatic carbocycles. The second-order valence-electron chi connectivity index (χ2n) is 2.59. The van der Waals surface area contributed by atoms with E-state index in [1.807, 2.05) is 0 Å². The number of nitrogens with zero attached hydrogens (tertiary/aromatic N) is 2. The summed E-state index contributed by atoms with van der Waals surface area (Å²) in [5, 5.41) is 13.4. The van der Waals surface area contributed by atoms with Crippen molar-refractivity contribution in [2.45, 2.75) is 0 Å². The molecule has 0 saturated heterocycles. The topological polar surface area (TPSA) is 43.5 Å². The van der Waals surface area contributed by atoms with Gasteiger partial charge in [0.25, 0.3) is 0 Å². The molecule has 0 atom stereocenters. The van der Waals surface area contributed by atoms with Crippen LogP contribution in [-0.4, -0.2) is 35.7 Å². The van der Waals surface area contributed by atoms with E-state index in [9.17, 15) is 9.90 Å². The van der Waals surface area contributed by atoms with Crippen LogP contribution in [0.3, 0.4) is 0 Å². The van der Waals surface area contributed by atoms with E-state index in [2.05, 4.69) is 19.7 Å². The third kappa shape index (κ3) is 3.91. The minimum atomic E-state index is -1.26. The van der Waals surface area contributed by atoms with Gasteiger partial charge in [0.2, 0.25) is 0 Å². The van der Waals surface area contributed by atoms with Crippen molar-refractivity contribution >= 4 is 6.09 Å². The Kier molecular flexibility index (Phi) is 6.15. The largest absolute Gasteiger partial charge is 0.467 e. The average molecular weight is 195 g/mol. The second-order valence-corrected chi connectivity index (χ2v) is 2.59. The molecule has 4 heteroatoms. The van der Waals surface area contributed by atoms with Crippen LogP contribution in [-0.2, 0) is 5.11 Å². The van der Waals surface area contributed by atoms with Crippen LogP contribution in [0.15, 0.2) is 38.0 Å². The molecule has 0 heterocycles. The standard InChI is InChI=1S/C10H15N2O2/c1-4-7-11(8-5-2)12(9-6-3)10(13)14/h4-6H,1-3,7-9H2. The van der Waals surface area contributed by atoms with E-state index >= 15 is 0 Å². The number of hydrazine groups is 1. The van der Waals surface area contributed by atoms with Gasteiger partial charge in [0.1, 0.15) is 0 Å². The van der Waals surface area contributed by atoms with Gasteiger partial charge in [-0.3, -0.25) is 0 Å². The fourth-order valence-corrected chi connectivity index (χ4v) is 0.997. The van der Waals surface area contributed by atoms with E-state index in [0.717, 1.165) is 5.01 Å².